The molecule has 0 radical (unpaired) electrons. The van der Waals surface area contributed by atoms with Crippen molar-refractivity contribution in [2.24, 2.45) is 4.99 Å². The fraction of sp³-hybridized carbons (Fsp3) is 0.333. The van der Waals surface area contributed by atoms with Gasteiger partial charge < -0.3 is 24.4 Å². The predicted molar refractivity (Wildman–Crippen MR) is 123 cm³/mol. The predicted octanol–water partition coefficient (Wildman–Crippen LogP) is 4.11. The Morgan fingerprint density at radius 3 is 2.53 bits per heavy atom. The van der Waals surface area contributed by atoms with E-state index in [1.165, 1.54) is 13.2 Å². The Bertz CT molecular complexity index is 1020. The Labute approximate surface area is 197 Å². The molecule has 2 N–H and O–H groups in total. The van der Waals surface area contributed by atoms with Crippen LogP contribution in [0.3, 0.4) is 0 Å². The van der Waals surface area contributed by atoms with Crippen molar-refractivity contribution in [1.82, 2.24) is 0 Å². The summed E-state index contributed by atoms with van der Waals surface area (Å²) in [6.07, 6.45) is 2.37. The summed E-state index contributed by atoms with van der Waals surface area (Å²) < 4.78 is 16.0. The van der Waals surface area contributed by atoms with Crippen LogP contribution in [-0.2, 0) is 19.1 Å². The number of aliphatic hydroxyl groups is 1. The molecule has 1 aliphatic heterocycles. The van der Waals surface area contributed by atoms with Gasteiger partial charge >= 0.3 is 11.9 Å². The first kappa shape index (κ1) is 25.5. The Morgan fingerprint density at radius 2 is 1.94 bits per heavy atom. The van der Waals surface area contributed by atoms with Crippen molar-refractivity contribution in [1.29, 1.82) is 0 Å². The molecule has 9 nitrogen and oxygen atoms in total. The Hall–Kier alpha value is -2.79. The summed E-state index contributed by atoms with van der Waals surface area (Å²) in [5.74, 6) is -2.20. The molecule has 0 fully saturated rings. The van der Waals surface area contributed by atoms with Gasteiger partial charge in [0, 0.05) is 10.9 Å². The van der Waals surface area contributed by atoms with Gasteiger partial charge in [0.25, 0.3) is 0 Å². The summed E-state index contributed by atoms with van der Waals surface area (Å²) >= 11 is 4.34. The molecule has 0 unspecified atom stereocenters. The second-order valence-corrected chi connectivity index (χ2v) is 8.21. The summed E-state index contributed by atoms with van der Waals surface area (Å²) in [5.41, 5.74) is 0.375. The van der Waals surface area contributed by atoms with E-state index >= 15 is 0 Å². The molecule has 11 heteroatoms. The number of thioether (sulfide) groups is 1. The molecule has 0 atom stereocenters. The van der Waals surface area contributed by atoms with Crippen molar-refractivity contribution in [2.45, 2.75) is 26.7 Å². The Balaban J connectivity index is 2.49. The number of halogens is 1. The first-order chi connectivity index (χ1) is 15.2. The number of esters is 1. The number of aliphatic imine (C=N–C) groups is 1. The van der Waals surface area contributed by atoms with Crippen LogP contribution in [0.15, 0.2) is 37.8 Å². The summed E-state index contributed by atoms with van der Waals surface area (Å²) in [5, 5.41) is 19.6. The molecular weight excluding hydrogens is 506 g/mol. The SMILES string of the molecule is CCCC(=O)N=C1S/C(=C\c2cc(OC)c(OCC(=O)O)cc2Br)C(O)=C1C(=O)OCC. The standard InChI is InChI=1S/C21H22BrNO8S/c1-4-6-16(24)23-20-18(21(28)30-5-2)19(27)15(32-20)8-11-7-13(29-3)14(9-12(11)22)31-10-17(25)26/h7-9,27H,4-6,10H2,1-3H3,(H,25,26)/b15-8-,23-20?. The summed E-state index contributed by atoms with van der Waals surface area (Å²) in [4.78, 5) is 39.4. The maximum atomic E-state index is 12.4. The molecule has 0 bridgehead atoms. The quantitative estimate of drug-likeness (QED) is 0.455. The van der Waals surface area contributed by atoms with E-state index in [-0.39, 0.29) is 45.8 Å². The fourth-order valence-corrected chi connectivity index (χ4v) is 4.05. The number of hydrogen-bond acceptors (Lipinski definition) is 8. The smallest absolute Gasteiger partial charge is 0.344 e. The third-order valence-electron chi connectivity index (χ3n) is 3.98. The van der Waals surface area contributed by atoms with Crippen molar-refractivity contribution in [3.05, 3.63) is 38.4 Å². The van der Waals surface area contributed by atoms with Gasteiger partial charge in [-0.3, -0.25) is 4.79 Å². The van der Waals surface area contributed by atoms with Gasteiger partial charge in [0.15, 0.2) is 18.1 Å². The van der Waals surface area contributed by atoms with Gasteiger partial charge in [-0.25, -0.2) is 14.6 Å². The van der Waals surface area contributed by atoms with E-state index in [1.54, 1.807) is 19.1 Å². The zero-order valence-electron chi connectivity index (χ0n) is 17.6. The highest BCUT2D eigenvalue weighted by molar-refractivity contribution is 9.10. The van der Waals surface area contributed by atoms with Gasteiger partial charge in [-0.2, -0.15) is 0 Å². The number of carbonyl (C=O) groups is 3. The van der Waals surface area contributed by atoms with Crippen LogP contribution in [0.1, 0.15) is 32.3 Å². The number of carboxylic acid groups (broad SMARTS) is 1. The van der Waals surface area contributed by atoms with Crippen LogP contribution in [0.25, 0.3) is 6.08 Å². The minimum absolute atomic E-state index is 0.0650. The number of carbonyl (C=O) groups excluding carboxylic acids is 2. The number of nitrogens with zero attached hydrogens (tertiary/aromatic N) is 1. The highest BCUT2D eigenvalue weighted by Crippen LogP contribution is 2.41. The van der Waals surface area contributed by atoms with Gasteiger partial charge in [-0.15, -0.1) is 0 Å². The monoisotopic (exact) mass is 527 g/mol. The van der Waals surface area contributed by atoms with E-state index in [4.69, 9.17) is 19.3 Å². The zero-order chi connectivity index (χ0) is 23.8. The molecular formula is C21H22BrNO8S. The third-order valence-corrected chi connectivity index (χ3v) is 5.69. The van der Waals surface area contributed by atoms with Crippen molar-refractivity contribution < 1.29 is 38.8 Å². The maximum Gasteiger partial charge on any atom is 0.344 e. The number of methoxy groups -OCH3 is 1. The van der Waals surface area contributed by atoms with Gasteiger partial charge in [-0.05, 0) is 37.1 Å². The lowest BCUT2D eigenvalue weighted by molar-refractivity contribution is -0.139. The number of rotatable bonds is 9. The first-order valence-corrected chi connectivity index (χ1v) is 11.2. The van der Waals surface area contributed by atoms with Gasteiger partial charge in [0.1, 0.15) is 16.4 Å². The number of carboxylic acids is 1. The number of hydrogen-bond donors (Lipinski definition) is 2. The highest BCUT2D eigenvalue weighted by Gasteiger charge is 2.34. The normalized spacial score (nSPS) is 15.9. The highest BCUT2D eigenvalue weighted by atomic mass is 79.9. The molecule has 0 saturated carbocycles. The average molecular weight is 528 g/mol. The molecule has 1 aliphatic rings. The van der Waals surface area contributed by atoms with Crippen molar-refractivity contribution in [2.75, 3.05) is 20.3 Å². The topological polar surface area (TPSA) is 132 Å². The molecule has 0 saturated heterocycles. The second kappa shape index (κ2) is 11.7. The molecule has 172 valence electrons. The average Bonchev–Trinajstić information content (AvgIpc) is 3.02. The Morgan fingerprint density at radius 1 is 1.22 bits per heavy atom. The summed E-state index contributed by atoms with van der Waals surface area (Å²) in [6.45, 7) is 3.01. The summed E-state index contributed by atoms with van der Waals surface area (Å²) in [6, 6.07) is 3.10. The van der Waals surface area contributed by atoms with Gasteiger partial charge in [-0.1, -0.05) is 34.6 Å². The first-order valence-electron chi connectivity index (χ1n) is 9.56. The third kappa shape index (κ3) is 6.36. The molecule has 0 spiro atoms. The van der Waals surface area contributed by atoms with E-state index in [0.717, 1.165) is 11.8 Å². The van der Waals surface area contributed by atoms with Crippen LogP contribution in [0.5, 0.6) is 11.5 Å². The largest absolute Gasteiger partial charge is 0.506 e. The number of aliphatic hydroxyl groups excluding tert-OH is 1. The van der Waals surface area contributed by atoms with E-state index in [0.29, 0.717) is 16.5 Å². The number of amides is 1. The second-order valence-electron chi connectivity index (χ2n) is 6.32. The molecule has 2 rings (SSSR count). The lowest BCUT2D eigenvalue weighted by atomic mass is 10.1. The molecule has 1 aromatic carbocycles. The molecule has 1 heterocycles. The van der Waals surface area contributed by atoms with Crippen LogP contribution in [-0.4, -0.2) is 53.4 Å². The van der Waals surface area contributed by atoms with Crippen molar-refractivity contribution in [3.8, 4) is 11.5 Å². The Kier molecular flexibility index (Phi) is 9.33. The molecule has 1 aromatic rings. The molecule has 1 amide bonds. The number of benzene rings is 1. The number of ether oxygens (including phenoxy) is 3. The van der Waals surface area contributed by atoms with Crippen LogP contribution in [0.4, 0.5) is 0 Å². The minimum atomic E-state index is -1.14. The van der Waals surface area contributed by atoms with Crippen LogP contribution in [0.2, 0.25) is 0 Å². The van der Waals surface area contributed by atoms with Gasteiger partial charge in [0.2, 0.25) is 5.91 Å². The van der Waals surface area contributed by atoms with Crippen molar-refractivity contribution in [3.63, 3.8) is 0 Å². The van der Waals surface area contributed by atoms with E-state index < -0.39 is 24.5 Å². The van der Waals surface area contributed by atoms with E-state index in [9.17, 15) is 19.5 Å². The maximum absolute atomic E-state index is 12.4. The molecule has 32 heavy (non-hydrogen) atoms. The van der Waals surface area contributed by atoms with E-state index in [2.05, 4.69) is 20.9 Å². The lowest BCUT2D eigenvalue weighted by Crippen LogP contribution is -2.14. The van der Waals surface area contributed by atoms with Crippen LogP contribution in [0, 0.1) is 0 Å². The number of aliphatic carboxylic acids is 1. The fourth-order valence-electron chi connectivity index (χ4n) is 2.59. The van der Waals surface area contributed by atoms with Crippen molar-refractivity contribution >= 4 is 56.7 Å². The molecule has 0 aromatic heterocycles. The van der Waals surface area contributed by atoms with Crippen LogP contribution < -0.4 is 9.47 Å². The van der Waals surface area contributed by atoms with E-state index in [1.807, 2.05) is 6.92 Å². The zero-order valence-corrected chi connectivity index (χ0v) is 20.0. The van der Waals surface area contributed by atoms with Crippen LogP contribution >= 0.6 is 27.7 Å². The minimum Gasteiger partial charge on any atom is -0.506 e. The van der Waals surface area contributed by atoms with Gasteiger partial charge in [0.05, 0.1) is 18.6 Å². The summed E-state index contributed by atoms with van der Waals surface area (Å²) in [7, 11) is 1.40. The lowest BCUT2D eigenvalue weighted by Gasteiger charge is -2.12. The molecule has 0 aliphatic carbocycles.